The van der Waals surface area contributed by atoms with Crippen molar-refractivity contribution in [2.45, 2.75) is 12.7 Å². The number of fused-ring (bicyclic) bond motifs is 1. The first kappa shape index (κ1) is 16.8. The van der Waals surface area contributed by atoms with Crippen LogP contribution in [0, 0.1) is 6.92 Å². The molecule has 3 heterocycles. The number of aromatic carboxylic acids is 1. The quantitative estimate of drug-likeness (QED) is 0.901. The van der Waals surface area contributed by atoms with E-state index in [1.165, 1.54) is 16.8 Å². The molecule has 0 aliphatic carbocycles. The Bertz CT molecular complexity index is 1060. The lowest BCUT2D eigenvalue weighted by molar-refractivity contribution is 0.0689. The predicted molar refractivity (Wildman–Crippen MR) is 93.0 cm³/mol. The molecule has 128 valence electrons. The lowest BCUT2D eigenvalue weighted by Crippen LogP contribution is -2.17. The second-order valence-electron chi connectivity index (χ2n) is 5.50. The first-order valence-corrected chi connectivity index (χ1v) is 8.95. The highest BCUT2D eigenvalue weighted by atomic mass is 32.2. The average Bonchev–Trinajstić information content (AvgIpc) is 2.91. The molecule has 1 aliphatic rings. The number of aromatic nitrogens is 3. The Morgan fingerprint density at radius 3 is 2.64 bits per heavy atom. The van der Waals surface area contributed by atoms with Crippen LogP contribution in [0.2, 0.25) is 0 Å². The predicted octanol–water partition coefficient (Wildman–Crippen LogP) is 2.29. The van der Waals surface area contributed by atoms with Crippen molar-refractivity contribution in [1.82, 2.24) is 14.8 Å². The van der Waals surface area contributed by atoms with E-state index in [-0.39, 0.29) is 21.7 Å². The van der Waals surface area contributed by atoms with Crippen LogP contribution in [0.5, 0.6) is 0 Å². The maximum absolute atomic E-state index is 12.5. The van der Waals surface area contributed by atoms with E-state index < -0.39 is 21.6 Å². The fourth-order valence-electron chi connectivity index (χ4n) is 2.87. The number of hydrogen-bond donors (Lipinski definition) is 1. The molecule has 0 saturated heterocycles. The molecule has 0 bridgehead atoms. The Hall–Kier alpha value is -3.00. The molecule has 1 N–H and O–H groups in total. The largest absolute Gasteiger partial charge is 0.476 e. The van der Waals surface area contributed by atoms with E-state index >= 15 is 0 Å². The van der Waals surface area contributed by atoms with Crippen molar-refractivity contribution in [2.75, 3.05) is 0 Å². The van der Waals surface area contributed by atoms with Crippen molar-refractivity contribution < 1.29 is 18.3 Å². The Morgan fingerprint density at radius 2 is 2.08 bits per heavy atom. The summed E-state index contributed by atoms with van der Waals surface area (Å²) in [6.07, 6.45) is 5.77. The number of carboxylic acid groups (broad SMARTS) is 1. The van der Waals surface area contributed by atoms with Gasteiger partial charge in [0.25, 0.3) is 0 Å². The summed E-state index contributed by atoms with van der Waals surface area (Å²) in [7, 11) is -3.73. The SMILES string of the molecule is C=CC1=C(C=C)S(=O)(=O)Cc2c(C(=O)O)nn(-c3cnccc3C)c21. The molecule has 0 unspecified atom stereocenters. The summed E-state index contributed by atoms with van der Waals surface area (Å²) in [6, 6.07) is 1.76. The number of nitrogens with zero attached hydrogens (tertiary/aromatic N) is 3. The van der Waals surface area contributed by atoms with Gasteiger partial charge in [-0.1, -0.05) is 25.3 Å². The minimum absolute atomic E-state index is 0.00892. The molecule has 0 spiro atoms. The van der Waals surface area contributed by atoms with Crippen molar-refractivity contribution in [2.24, 2.45) is 0 Å². The first-order chi connectivity index (χ1) is 11.8. The molecule has 0 atom stereocenters. The lowest BCUT2D eigenvalue weighted by Gasteiger charge is -2.19. The molecule has 0 radical (unpaired) electrons. The second-order valence-corrected chi connectivity index (χ2v) is 7.46. The van der Waals surface area contributed by atoms with E-state index in [0.29, 0.717) is 11.4 Å². The molecule has 8 heteroatoms. The number of aryl methyl sites for hydroxylation is 1. The van der Waals surface area contributed by atoms with E-state index in [2.05, 4.69) is 23.2 Å². The van der Waals surface area contributed by atoms with Crippen LogP contribution in [0.25, 0.3) is 11.3 Å². The summed E-state index contributed by atoms with van der Waals surface area (Å²) in [6.45, 7) is 9.08. The summed E-state index contributed by atoms with van der Waals surface area (Å²) in [4.78, 5) is 15.7. The Labute approximate surface area is 144 Å². The zero-order valence-corrected chi connectivity index (χ0v) is 14.2. The number of pyridine rings is 1. The molecule has 2 aromatic heterocycles. The molecule has 0 aromatic carbocycles. The van der Waals surface area contributed by atoms with Crippen LogP contribution in [0.1, 0.15) is 27.3 Å². The van der Waals surface area contributed by atoms with Crippen molar-refractivity contribution >= 4 is 21.4 Å². The van der Waals surface area contributed by atoms with Gasteiger partial charge < -0.3 is 5.11 Å². The number of carbonyl (C=O) groups is 1. The fourth-order valence-corrected chi connectivity index (χ4v) is 4.45. The lowest BCUT2D eigenvalue weighted by atomic mass is 10.0. The molecule has 7 nitrogen and oxygen atoms in total. The zero-order chi connectivity index (χ0) is 18.4. The normalized spacial score (nSPS) is 15.6. The van der Waals surface area contributed by atoms with Gasteiger partial charge in [-0.2, -0.15) is 5.10 Å². The minimum Gasteiger partial charge on any atom is -0.476 e. The number of carboxylic acids is 1. The van der Waals surface area contributed by atoms with Crippen molar-refractivity contribution in [3.8, 4) is 5.69 Å². The summed E-state index contributed by atoms with van der Waals surface area (Å²) in [5.74, 6) is -1.75. The highest BCUT2D eigenvalue weighted by Gasteiger charge is 2.36. The third kappa shape index (κ3) is 2.51. The fraction of sp³-hybridized carbons (Fsp3) is 0.118. The van der Waals surface area contributed by atoms with Gasteiger partial charge in [0, 0.05) is 17.3 Å². The van der Waals surface area contributed by atoms with Crippen LogP contribution in [0.4, 0.5) is 0 Å². The molecular formula is C17H15N3O4S. The summed E-state index contributed by atoms with van der Waals surface area (Å²) in [5.41, 5.74) is 1.87. The zero-order valence-electron chi connectivity index (χ0n) is 13.4. The van der Waals surface area contributed by atoms with Gasteiger partial charge in [-0.15, -0.1) is 0 Å². The Kier molecular flexibility index (Phi) is 3.92. The van der Waals surface area contributed by atoms with Crippen LogP contribution < -0.4 is 0 Å². The summed E-state index contributed by atoms with van der Waals surface area (Å²) < 4.78 is 26.4. The average molecular weight is 357 g/mol. The van der Waals surface area contributed by atoms with E-state index in [0.717, 1.165) is 5.56 Å². The number of hydrogen-bond acceptors (Lipinski definition) is 5. The monoisotopic (exact) mass is 357 g/mol. The van der Waals surface area contributed by atoms with E-state index in [9.17, 15) is 18.3 Å². The highest BCUT2D eigenvalue weighted by molar-refractivity contribution is 7.95. The molecule has 0 amide bonds. The van der Waals surface area contributed by atoms with E-state index in [4.69, 9.17) is 0 Å². The van der Waals surface area contributed by atoms with Gasteiger partial charge >= 0.3 is 5.97 Å². The van der Waals surface area contributed by atoms with Gasteiger partial charge in [0.2, 0.25) is 0 Å². The third-order valence-electron chi connectivity index (χ3n) is 4.01. The van der Waals surface area contributed by atoms with Gasteiger partial charge in [0.1, 0.15) is 0 Å². The standard InChI is InChI=1S/C17H15N3O4S/c1-4-11-14(5-2)25(23,24)9-12-15(17(21)22)19-20(16(11)12)13-8-18-7-6-10(13)3/h4-8H,1-2,9H2,3H3,(H,21,22). The van der Waals surface area contributed by atoms with Gasteiger partial charge in [-0.3, -0.25) is 4.98 Å². The topological polar surface area (TPSA) is 102 Å². The maximum Gasteiger partial charge on any atom is 0.356 e. The van der Waals surface area contributed by atoms with Crippen LogP contribution in [-0.4, -0.2) is 34.3 Å². The van der Waals surface area contributed by atoms with Gasteiger partial charge in [0.05, 0.1) is 28.2 Å². The maximum atomic E-state index is 12.5. The Balaban J connectivity index is 2.48. The third-order valence-corrected chi connectivity index (χ3v) is 5.73. The van der Waals surface area contributed by atoms with Crippen LogP contribution in [0.15, 0.2) is 48.7 Å². The van der Waals surface area contributed by atoms with Gasteiger partial charge in [0.15, 0.2) is 15.5 Å². The molecule has 0 saturated carbocycles. The highest BCUT2D eigenvalue weighted by Crippen LogP contribution is 2.38. The smallest absolute Gasteiger partial charge is 0.356 e. The number of allylic oxidation sites excluding steroid dienone is 3. The molecule has 2 aromatic rings. The summed E-state index contributed by atoms with van der Waals surface area (Å²) in [5, 5.41) is 13.6. The van der Waals surface area contributed by atoms with E-state index in [1.54, 1.807) is 18.5 Å². The first-order valence-electron chi connectivity index (χ1n) is 7.30. The molecule has 1 aliphatic heterocycles. The van der Waals surface area contributed by atoms with Gasteiger partial charge in [-0.25, -0.2) is 17.9 Å². The van der Waals surface area contributed by atoms with Crippen LogP contribution >= 0.6 is 0 Å². The van der Waals surface area contributed by atoms with E-state index in [1.807, 2.05) is 6.92 Å². The second kappa shape index (κ2) is 5.82. The van der Waals surface area contributed by atoms with Crippen molar-refractivity contribution in [3.05, 3.63) is 71.2 Å². The number of sulfone groups is 1. The van der Waals surface area contributed by atoms with Crippen LogP contribution in [-0.2, 0) is 15.6 Å². The summed E-state index contributed by atoms with van der Waals surface area (Å²) >= 11 is 0. The molecule has 3 rings (SSSR count). The van der Waals surface area contributed by atoms with Crippen LogP contribution in [0.3, 0.4) is 0 Å². The molecule has 25 heavy (non-hydrogen) atoms. The van der Waals surface area contributed by atoms with Crippen molar-refractivity contribution in [1.29, 1.82) is 0 Å². The minimum atomic E-state index is -3.73. The molecular weight excluding hydrogens is 342 g/mol. The number of rotatable bonds is 4. The van der Waals surface area contributed by atoms with Gasteiger partial charge in [-0.05, 0) is 18.6 Å². The van der Waals surface area contributed by atoms with Crippen molar-refractivity contribution in [3.63, 3.8) is 0 Å². The Morgan fingerprint density at radius 1 is 1.36 bits per heavy atom. The molecule has 0 fully saturated rings.